The average molecular weight is 377 g/mol. The predicted octanol–water partition coefficient (Wildman–Crippen LogP) is 3.63. The number of benzene rings is 1. The molecule has 27 heavy (non-hydrogen) atoms. The summed E-state index contributed by atoms with van der Waals surface area (Å²) in [5, 5.41) is 6.66. The molecule has 1 heterocycles. The van der Waals surface area contributed by atoms with Gasteiger partial charge in [0, 0.05) is 12.6 Å². The van der Waals surface area contributed by atoms with Gasteiger partial charge in [-0.05, 0) is 56.6 Å². The van der Waals surface area contributed by atoms with Crippen molar-refractivity contribution in [1.29, 1.82) is 0 Å². The van der Waals surface area contributed by atoms with Crippen LogP contribution in [0.3, 0.4) is 0 Å². The van der Waals surface area contributed by atoms with Crippen molar-refractivity contribution >= 4 is 5.91 Å². The maximum absolute atomic E-state index is 12.8. The molecule has 1 N–H and O–H groups in total. The number of halogens is 1. The van der Waals surface area contributed by atoms with Crippen LogP contribution in [0.1, 0.15) is 49.4 Å². The lowest BCUT2D eigenvalue weighted by molar-refractivity contribution is 0.0942. The maximum Gasteiger partial charge on any atom is 0.273 e. The van der Waals surface area contributed by atoms with E-state index in [-0.39, 0.29) is 17.4 Å². The van der Waals surface area contributed by atoms with Crippen LogP contribution in [0.4, 0.5) is 4.39 Å². The number of nitrogens with zero attached hydrogens (tertiary/aromatic N) is 2. The van der Waals surface area contributed by atoms with Crippen molar-refractivity contribution in [2.24, 2.45) is 0 Å². The highest BCUT2D eigenvalue weighted by Crippen LogP contribution is 2.11. The fraction of sp³-hybridized carbons (Fsp3) is 0.500. The summed E-state index contributed by atoms with van der Waals surface area (Å²) >= 11 is 0. The van der Waals surface area contributed by atoms with E-state index in [0.29, 0.717) is 37.6 Å². The van der Waals surface area contributed by atoms with Crippen LogP contribution in [0.25, 0.3) is 0 Å². The molecule has 2 aromatic rings. The van der Waals surface area contributed by atoms with Crippen LogP contribution in [-0.4, -0.2) is 42.2 Å². The molecule has 1 amide bonds. The molecular formula is C20H28FN3O3. The summed E-state index contributed by atoms with van der Waals surface area (Å²) in [4.78, 5) is 14.4. The topological polar surface area (TPSA) is 67.6 Å². The van der Waals surface area contributed by atoms with Crippen molar-refractivity contribution < 1.29 is 18.4 Å². The molecule has 0 fully saturated rings. The zero-order valence-electron chi connectivity index (χ0n) is 16.0. The van der Waals surface area contributed by atoms with Crippen LogP contribution in [0.15, 0.2) is 34.9 Å². The van der Waals surface area contributed by atoms with Crippen LogP contribution in [-0.2, 0) is 6.54 Å². The van der Waals surface area contributed by atoms with Crippen molar-refractivity contribution in [3.63, 3.8) is 0 Å². The van der Waals surface area contributed by atoms with E-state index in [2.05, 4.69) is 29.2 Å². The molecule has 0 aliphatic carbocycles. The fourth-order valence-electron chi connectivity index (χ4n) is 2.70. The minimum atomic E-state index is -0.297. The van der Waals surface area contributed by atoms with E-state index in [0.717, 1.165) is 25.9 Å². The number of rotatable bonds is 12. The number of hydrogen-bond donors (Lipinski definition) is 1. The lowest BCUT2D eigenvalue weighted by Gasteiger charge is -2.18. The predicted molar refractivity (Wildman–Crippen MR) is 101 cm³/mol. The zero-order chi connectivity index (χ0) is 19.5. The zero-order valence-corrected chi connectivity index (χ0v) is 16.0. The molecule has 0 aliphatic rings. The molecule has 0 unspecified atom stereocenters. The molecule has 0 aliphatic heterocycles. The number of aromatic nitrogens is 1. The van der Waals surface area contributed by atoms with Gasteiger partial charge in [-0.2, -0.15) is 0 Å². The summed E-state index contributed by atoms with van der Waals surface area (Å²) < 4.78 is 23.6. The van der Waals surface area contributed by atoms with Crippen LogP contribution in [0.5, 0.6) is 5.75 Å². The molecule has 0 saturated heterocycles. The molecule has 7 heteroatoms. The molecule has 0 radical (unpaired) electrons. The number of nitrogens with one attached hydrogen (secondary N) is 1. The standard InChI is InChI=1S/C20H28FN3O3/c1-3-11-24(12-4-2)15-18-14-19(23-27-18)20(25)22-10-5-13-26-17-8-6-16(21)7-9-17/h6-9,14H,3-5,10-13,15H2,1-2H3,(H,22,25). The first-order valence-corrected chi connectivity index (χ1v) is 9.46. The Hall–Kier alpha value is -2.41. The normalized spacial score (nSPS) is 11.0. The van der Waals surface area contributed by atoms with Crippen LogP contribution in [0.2, 0.25) is 0 Å². The molecule has 0 atom stereocenters. The Kier molecular flexibility index (Phi) is 8.77. The number of hydrogen-bond acceptors (Lipinski definition) is 5. The molecule has 0 bridgehead atoms. The molecule has 1 aromatic heterocycles. The molecule has 148 valence electrons. The third kappa shape index (κ3) is 7.38. The summed E-state index contributed by atoms with van der Waals surface area (Å²) in [5.41, 5.74) is 0.289. The monoisotopic (exact) mass is 377 g/mol. The van der Waals surface area contributed by atoms with Gasteiger partial charge in [-0.25, -0.2) is 4.39 Å². The van der Waals surface area contributed by atoms with Crippen molar-refractivity contribution in [3.05, 3.63) is 47.6 Å². The Morgan fingerprint density at radius 3 is 2.59 bits per heavy atom. The van der Waals surface area contributed by atoms with Crippen LogP contribution >= 0.6 is 0 Å². The number of carbonyl (C=O) groups excluding carboxylic acids is 1. The van der Waals surface area contributed by atoms with Gasteiger partial charge in [-0.3, -0.25) is 9.69 Å². The Morgan fingerprint density at radius 2 is 1.93 bits per heavy atom. The smallest absolute Gasteiger partial charge is 0.273 e. The molecular weight excluding hydrogens is 349 g/mol. The first kappa shape index (κ1) is 20.9. The van der Waals surface area contributed by atoms with Crippen molar-refractivity contribution in [1.82, 2.24) is 15.4 Å². The van der Waals surface area contributed by atoms with Crippen molar-refractivity contribution in [2.75, 3.05) is 26.2 Å². The summed E-state index contributed by atoms with van der Waals surface area (Å²) in [6, 6.07) is 7.54. The Morgan fingerprint density at radius 1 is 1.22 bits per heavy atom. The first-order chi connectivity index (χ1) is 13.1. The second-order valence-electron chi connectivity index (χ2n) is 6.37. The summed E-state index contributed by atoms with van der Waals surface area (Å²) in [6.45, 7) is 7.81. The highest BCUT2D eigenvalue weighted by Gasteiger charge is 2.14. The third-order valence-electron chi connectivity index (χ3n) is 3.94. The van der Waals surface area contributed by atoms with E-state index in [1.54, 1.807) is 18.2 Å². The molecule has 6 nitrogen and oxygen atoms in total. The molecule has 1 aromatic carbocycles. The molecule has 0 saturated carbocycles. The van der Waals surface area contributed by atoms with E-state index >= 15 is 0 Å². The van der Waals surface area contributed by atoms with Crippen molar-refractivity contribution in [3.8, 4) is 5.75 Å². The molecule has 0 spiro atoms. The van der Waals surface area contributed by atoms with Crippen LogP contribution < -0.4 is 10.1 Å². The van der Waals surface area contributed by atoms with Gasteiger partial charge in [0.2, 0.25) is 0 Å². The average Bonchev–Trinajstić information content (AvgIpc) is 3.12. The molecule has 2 rings (SSSR count). The first-order valence-electron chi connectivity index (χ1n) is 9.46. The van der Waals surface area contributed by atoms with Gasteiger partial charge in [0.15, 0.2) is 11.5 Å². The number of ether oxygens (including phenoxy) is 1. The largest absolute Gasteiger partial charge is 0.494 e. The van der Waals surface area contributed by atoms with E-state index in [1.807, 2.05) is 0 Å². The van der Waals surface area contributed by atoms with Gasteiger partial charge in [0.05, 0.1) is 13.2 Å². The fourth-order valence-corrected chi connectivity index (χ4v) is 2.70. The van der Waals surface area contributed by atoms with Gasteiger partial charge in [-0.15, -0.1) is 0 Å². The van der Waals surface area contributed by atoms with Gasteiger partial charge >= 0.3 is 0 Å². The minimum Gasteiger partial charge on any atom is -0.494 e. The SMILES string of the molecule is CCCN(CCC)Cc1cc(C(=O)NCCCOc2ccc(F)cc2)no1. The minimum absolute atomic E-state index is 0.260. The van der Waals surface area contributed by atoms with Gasteiger partial charge in [0.1, 0.15) is 11.6 Å². The number of amides is 1. The van der Waals surface area contributed by atoms with E-state index in [9.17, 15) is 9.18 Å². The quantitative estimate of drug-likeness (QED) is 0.572. The van der Waals surface area contributed by atoms with Crippen LogP contribution in [0, 0.1) is 5.82 Å². The lowest BCUT2D eigenvalue weighted by atomic mass is 10.3. The Bertz CT molecular complexity index is 682. The van der Waals surface area contributed by atoms with E-state index < -0.39 is 0 Å². The number of carbonyl (C=O) groups is 1. The summed E-state index contributed by atoms with van der Waals surface area (Å²) in [6.07, 6.45) is 2.78. The van der Waals surface area contributed by atoms with Gasteiger partial charge < -0.3 is 14.6 Å². The van der Waals surface area contributed by atoms with E-state index in [4.69, 9.17) is 9.26 Å². The van der Waals surface area contributed by atoms with Gasteiger partial charge in [0.25, 0.3) is 5.91 Å². The second kappa shape index (κ2) is 11.3. The summed E-state index contributed by atoms with van der Waals surface area (Å²) in [7, 11) is 0. The van der Waals surface area contributed by atoms with Crippen molar-refractivity contribution in [2.45, 2.75) is 39.7 Å². The van der Waals surface area contributed by atoms with Gasteiger partial charge in [-0.1, -0.05) is 19.0 Å². The maximum atomic E-state index is 12.8. The second-order valence-corrected chi connectivity index (χ2v) is 6.37. The highest BCUT2D eigenvalue weighted by molar-refractivity contribution is 5.92. The third-order valence-corrected chi connectivity index (χ3v) is 3.94. The highest BCUT2D eigenvalue weighted by atomic mass is 19.1. The Balaban J connectivity index is 1.69. The Labute approximate surface area is 159 Å². The van der Waals surface area contributed by atoms with E-state index in [1.165, 1.54) is 12.1 Å². The lowest BCUT2D eigenvalue weighted by Crippen LogP contribution is -2.26. The summed E-state index contributed by atoms with van der Waals surface area (Å²) in [5.74, 6) is 0.743.